The molecule has 2 aliphatic rings. The van der Waals surface area contributed by atoms with Crippen LogP contribution in [-0.4, -0.2) is 47.7 Å². The van der Waals surface area contributed by atoms with Crippen molar-refractivity contribution in [3.63, 3.8) is 0 Å². The van der Waals surface area contributed by atoms with Gasteiger partial charge in [-0.1, -0.05) is 6.92 Å². The highest BCUT2D eigenvalue weighted by molar-refractivity contribution is 5.70. The predicted octanol–water partition coefficient (Wildman–Crippen LogP) is 1.17. The maximum atomic E-state index is 10.8. The molecule has 0 aromatic carbocycles. The van der Waals surface area contributed by atoms with Crippen molar-refractivity contribution in [1.82, 2.24) is 10.2 Å². The van der Waals surface area contributed by atoms with Crippen molar-refractivity contribution in [2.75, 3.05) is 19.6 Å². The van der Waals surface area contributed by atoms with Crippen LogP contribution in [0.4, 0.5) is 0 Å². The molecule has 0 spiro atoms. The summed E-state index contributed by atoms with van der Waals surface area (Å²) in [5, 5.41) is 12.3. The molecule has 0 aromatic heterocycles. The van der Waals surface area contributed by atoms with Crippen LogP contribution in [0.2, 0.25) is 0 Å². The predicted molar refractivity (Wildman–Crippen MR) is 67.0 cm³/mol. The fourth-order valence-corrected chi connectivity index (χ4v) is 2.54. The van der Waals surface area contributed by atoms with Gasteiger partial charge < -0.3 is 15.3 Å². The topological polar surface area (TPSA) is 52.6 Å². The van der Waals surface area contributed by atoms with E-state index in [9.17, 15) is 4.79 Å². The molecule has 1 saturated carbocycles. The van der Waals surface area contributed by atoms with Crippen LogP contribution < -0.4 is 5.32 Å². The summed E-state index contributed by atoms with van der Waals surface area (Å²) in [7, 11) is 0. The first kappa shape index (κ1) is 12.8. The van der Waals surface area contributed by atoms with Crippen molar-refractivity contribution in [3.8, 4) is 0 Å². The summed E-state index contributed by atoms with van der Waals surface area (Å²) in [6.07, 6.45) is 4.02. The molecule has 0 bridgehead atoms. The number of carboxylic acid groups (broad SMARTS) is 1. The molecule has 1 aliphatic carbocycles. The second kappa shape index (κ2) is 5.36. The number of hydrogen-bond acceptors (Lipinski definition) is 3. The van der Waals surface area contributed by atoms with Gasteiger partial charge in [-0.15, -0.1) is 0 Å². The maximum Gasteiger partial charge on any atom is 0.307 e. The lowest BCUT2D eigenvalue weighted by atomic mass is 10.0. The molecular formula is C13H24N2O2. The molecule has 2 N–H and O–H groups in total. The SMILES string of the molecule is CC(NCC1CCN(C2CC2)C1)C(C)C(=O)O. The summed E-state index contributed by atoms with van der Waals surface area (Å²) in [4.78, 5) is 13.4. The second-order valence-corrected chi connectivity index (χ2v) is 5.70. The van der Waals surface area contributed by atoms with Gasteiger partial charge in [0.05, 0.1) is 5.92 Å². The van der Waals surface area contributed by atoms with E-state index in [1.54, 1.807) is 6.92 Å². The maximum absolute atomic E-state index is 10.8. The number of carboxylic acids is 1. The van der Waals surface area contributed by atoms with Crippen LogP contribution in [0.1, 0.15) is 33.1 Å². The van der Waals surface area contributed by atoms with Crippen LogP contribution in [0, 0.1) is 11.8 Å². The molecule has 1 saturated heterocycles. The van der Waals surface area contributed by atoms with Gasteiger partial charge in [-0.05, 0) is 45.2 Å². The highest BCUT2D eigenvalue weighted by Gasteiger charge is 2.34. The van der Waals surface area contributed by atoms with Crippen molar-refractivity contribution >= 4 is 5.97 Å². The molecule has 0 radical (unpaired) electrons. The number of hydrogen-bond donors (Lipinski definition) is 2. The van der Waals surface area contributed by atoms with E-state index in [1.807, 2.05) is 6.92 Å². The summed E-state index contributed by atoms with van der Waals surface area (Å²) < 4.78 is 0. The fraction of sp³-hybridized carbons (Fsp3) is 0.923. The Balaban J connectivity index is 1.66. The first-order valence-electron chi connectivity index (χ1n) is 6.78. The van der Waals surface area contributed by atoms with Crippen LogP contribution in [0.25, 0.3) is 0 Å². The third kappa shape index (κ3) is 3.42. The van der Waals surface area contributed by atoms with Gasteiger partial charge in [0, 0.05) is 18.6 Å². The van der Waals surface area contributed by atoms with E-state index in [-0.39, 0.29) is 12.0 Å². The average Bonchev–Trinajstić information content (AvgIpc) is 3.05. The smallest absolute Gasteiger partial charge is 0.307 e. The zero-order chi connectivity index (χ0) is 12.4. The lowest BCUT2D eigenvalue weighted by Crippen LogP contribution is -2.39. The molecule has 0 amide bonds. The summed E-state index contributed by atoms with van der Waals surface area (Å²) in [6.45, 7) is 7.13. The number of carbonyl (C=O) groups is 1. The van der Waals surface area contributed by atoms with Crippen LogP contribution in [0.5, 0.6) is 0 Å². The normalized spacial score (nSPS) is 29.2. The van der Waals surface area contributed by atoms with Crippen LogP contribution in [0.3, 0.4) is 0 Å². The van der Waals surface area contributed by atoms with E-state index >= 15 is 0 Å². The van der Waals surface area contributed by atoms with Gasteiger partial charge >= 0.3 is 5.97 Å². The average molecular weight is 240 g/mol. The standard InChI is InChI=1S/C13H24N2O2/c1-9(13(16)17)10(2)14-7-11-5-6-15(8-11)12-3-4-12/h9-12,14H,3-8H2,1-2H3,(H,16,17). The van der Waals surface area contributed by atoms with Crippen molar-refractivity contribution < 1.29 is 9.90 Å². The van der Waals surface area contributed by atoms with Crippen molar-refractivity contribution in [1.29, 1.82) is 0 Å². The summed E-state index contributed by atoms with van der Waals surface area (Å²) in [5.74, 6) is -0.314. The molecule has 1 heterocycles. The summed E-state index contributed by atoms with van der Waals surface area (Å²) in [6, 6.07) is 0.929. The van der Waals surface area contributed by atoms with E-state index in [2.05, 4.69) is 10.2 Å². The van der Waals surface area contributed by atoms with Gasteiger partial charge in [0.25, 0.3) is 0 Å². The van der Waals surface area contributed by atoms with E-state index in [4.69, 9.17) is 5.11 Å². The van der Waals surface area contributed by atoms with Crippen molar-refractivity contribution in [2.45, 2.75) is 45.2 Å². The first-order valence-corrected chi connectivity index (χ1v) is 6.78. The summed E-state index contributed by atoms with van der Waals surface area (Å²) >= 11 is 0. The molecule has 2 rings (SSSR count). The van der Waals surface area contributed by atoms with Crippen LogP contribution in [-0.2, 0) is 4.79 Å². The summed E-state index contributed by atoms with van der Waals surface area (Å²) in [5.41, 5.74) is 0. The minimum Gasteiger partial charge on any atom is -0.481 e. The Hall–Kier alpha value is -0.610. The zero-order valence-electron chi connectivity index (χ0n) is 10.9. The van der Waals surface area contributed by atoms with E-state index < -0.39 is 5.97 Å². The van der Waals surface area contributed by atoms with Gasteiger partial charge in [0.2, 0.25) is 0 Å². The highest BCUT2D eigenvalue weighted by atomic mass is 16.4. The Labute approximate surface area is 103 Å². The Bertz CT molecular complexity index is 279. The number of likely N-dealkylation sites (tertiary alicyclic amines) is 1. The Morgan fingerprint density at radius 1 is 1.41 bits per heavy atom. The molecule has 17 heavy (non-hydrogen) atoms. The van der Waals surface area contributed by atoms with Gasteiger partial charge in [-0.25, -0.2) is 0 Å². The lowest BCUT2D eigenvalue weighted by Gasteiger charge is -2.20. The van der Waals surface area contributed by atoms with E-state index in [1.165, 1.54) is 32.4 Å². The number of nitrogens with one attached hydrogen (secondary N) is 1. The molecule has 4 nitrogen and oxygen atoms in total. The Kier molecular flexibility index (Phi) is 4.05. The fourth-order valence-electron chi connectivity index (χ4n) is 2.54. The van der Waals surface area contributed by atoms with Crippen molar-refractivity contribution in [3.05, 3.63) is 0 Å². The monoisotopic (exact) mass is 240 g/mol. The molecule has 3 atom stereocenters. The number of nitrogens with zero attached hydrogens (tertiary/aromatic N) is 1. The molecule has 4 heteroatoms. The number of rotatable bonds is 6. The third-order valence-corrected chi connectivity index (χ3v) is 4.25. The Morgan fingerprint density at radius 3 is 2.71 bits per heavy atom. The molecular weight excluding hydrogens is 216 g/mol. The van der Waals surface area contributed by atoms with Gasteiger partial charge in [-0.3, -0.25) is 4.79 Å². The highest BCUT2D eigenvalue weighted by Crippen LogP contribution is 2.31. The zero-order valence-corrected chi connectivity index (χ0v) is 10.9. The largest absolute Gasteiger partial charge is 0.481 e. The molecule has 1 aliphatic heterocycles. The van der Waals surface area contributed by atoms with Crippen LogP contribution >= 0.6 is 0 Å². The quantitative estimate of drug-likeness (QED) is 0.732. The van der Waals surface area contributed by atoms with Gasteiger partial charge in [-0.2, -0.15) is 0 Å². The molecule has 3 unspecified atom stereocenters. The molecule has 0 aromatic rings. The number of aliphatic carboxylic acids is 1. The second-order valence-electron chi connectivity index (χ2n) is 5.70. The third-order valence-electron chi connectivity index (χ3n) is 4.25. The molecule has 98 valence electrons. The van der Waals surface area contributed by atoms with E-state index in [0.29, 0.717) is 5.92 Å². The minimum atomic E-state index is -0.712. The minimum absolute atomic E-state index is 0.0578. The van der Waals surface area contributed by atoms with Crippen molar-refractivity contribution in [2.24, 2.45) is 11.8 Å². The molecule has 2 fully saturated rings. The van der Waals surface area contributed by atoms with E-state index in [0.717, 1.165) is 12.6 Å². The van der Waals surface area contributed by atoms with Gasteiger partial charge in [0.1, 0.15) is 0 Å². The van der Waals surface area contributed by atoms with Gasteiger partial charge in [0.15, 0.2) is 0 Å². The Morgan fingerprint density at radius 2 is 2.12 bits per heavy atom. The van der Waals surface area contributed by atoms with Crippen LogP contribution in [0.15, 0.2) is 0 Å². The lowest BCUT2D eigenvalue weighted by molar-refractivity contribution is -0.141. The first-order chi connectivity index (χ1) is 8.08.